The lowest BCUT2D eigenvalue weighted by molar-refractivity contribution is 0.0760. The van der Waals surface area contributed by atoms with Crippen LogP contribution in [0.1, 0.15) is 21.3 Å². The molecule has 1 aliphatic rings. The molecule has 1 atom stereocenters. The molecule has 4 nitrogen and oxygen atoms in total. The summed E-state index contributed by atoms with van der Waals surface area (Å²) < 4.78 is 5.16. The molecule has 2 aromatic rings. The molecule has 2 aromatic carbocycles. The molecule has 1 heterocycles. The van der Waals surface area contributed by atoms with Gasteiger partial charge in [-0.3, -0.25) is 4.79 Å². The zero-order valence-corrected chi connectivity index (χ0v) is 13.0. The summed E-state index contributed by atoms with van der Waals surface area (Å²) in [7, 11) is 1.52. The van der Waals surface area contributed by atoms with Crippen LogP contribution in [0.15, 0.2) is 48.5 Å². The Morgan fingerprint density at radius 2 is 2.05 bits per heavy atom. The number of phenolic OH excluding ortho intramolecular Hbond substituents is 1. The van der Waals surface area contributed by atoms with Crippen LogP contribution in [0.25, 0.3) is 0 Å². The van der Waals surface area contributed by atoms with E-state index in [9.17, 15) is 9.90 Å². The third-order valence-corrected chi connectivity index (χ3v) is 4.92. The number of nitrogens with zero attached hydrogens (tertiary/aromatic N) is 1. The topological polar surface area (TPSA) is 49.8 Å². The Bertz CT molecular complexity index is 675. The molecule has 0 aromatic heterocycles. The lowest BCUT2D eigenvalue weighted by atomic mass is 10.1. The second-order valence-electron chi connectivity index (χ2n) is 5.02. The standard InChI is InChI=1S/C17H17NO3S/c1-21-15-11-13(7-8-14(15)19)17-18(9-10-22-17)16(20)12-5-3-2-4-6-12/h2-8,11,17,19H,9-10H2,1H3. The summed E-state index contributed by atoms with van der Waals surface area (Å²) in [5.41, 5.74) is 1.65. The van der Waals surface area contributed by atoms with Gasteiger partial charge < -0.3 is 14.7 Å². The summed E-state index contributed by atoms with van der Waals surface area (Å²) in [5, 5.41) is 9.67. The van der Waals surface area contributed by atoms with Crippen molar-refractivity contribution in [1.29, 1.82) is 0 Å². The van der Waals surface area contributed by atoms with Crippen LogP contribution < -0.4 is 4.74 Å². The number of benzene rings is 2. The van der Waals surface area contributed by atoms with Gasteiger partial charge in [0.1, 0.15) is 5.37 Å². The minimum atomic E-state index is -0.0535. The van der Waals surface area contributed by atoms with Crippen LogP contribution in [-0.2, 0) is 0 Å². The molecule has 1 unspecified atom stereocenters. The molecule has 114 valence electrons. The number of methoxy groups -OCH3 is 1. The molecule has 3 rings (SSSR count). The Morgan fingerprint density at radius 3 is 2.77 bits per heavy atom. The van der Waals surface area contributed by atoms with E-state index in [2.05, 4.69) is 0 Å². The zero-order chi connectivity index (χ0) is 15.5. The van der Waals surface area contributed by atoms with Crippen molar-refractivity contribution in [1.82, 2.24) is 4.90 Å². The lowest BCUT2D eigenvalue weighted by Crippen LogP contribution is -2.30. The number of hydrogen-bond donors (Lipinski definition) is 1. The molecule has 1 amide bonds. The van der Waals surface area contributed by atoms with Gasteiger partial charge >= 0.3 is 0 Å². The normalized spacial score (nSPS) is 17.5. The highest BCUT2D eigenvalue weighted by molar-refractivity contribution is 7.99. The second-order valence-corrected chi connectivity index (χ2v) is 6.21. The molecular weight excluding hydrogens is 298 g/mol. The van der Waals surface area contributed by atoms with E-state index in [-0.39, 0.29) is 17.0 Å². The zero-order valence-electron chi connectivity index (χ0n) is 12.2. The molecule has 1 aliphatic heterocycles. The number of hydrogen-bond acceptors (Lipinski definition) is 4. The molecule has 22 heavy (non-hydrogen) atoms. The third kappa shape index (κ3) is 2.76. The van der Waals surface area contributed by atoms with Crippen molar-refractivity contribution in [3.8, 4) is 11.5 Å². The van der Waals surface area contributed by atoms with E-state index in [4.69, 9.17) is 4.74 Å². The Kier molecular flexibility index (Phi) is 4.24. The van der Waals surface area contributed by atoms with Gasteiger partial charge in [0.2, 0.25) is 0 Å². The van der Waals surface area contributed by atoms with E-state index >= 15 is 0 Å². The first-order chi connectivity index (χ1) is 10.7. The molecule has 1 fully saturated rings. The minimum Gasteiger partial charge on any atom is -0.504 e. The Hall–Kier alpha value is -2.14. The van der Waals surface area contributed by atoms with Crippen LogP contribution in [-0.4, -0.2) is 35.3 Å². The maximum atomic E-state index is 12.7. The summed E-state index contributed by atoms with van der Waals surface area (Å²) in [5.74, 6) is 1.46. The largest absolute Gasteiger partial charge is 0.504 e. The number of carbonyl (C=O) groups excluding carboxylic acids is 1. The number of thioether (sulfide) groups is 1. The van der Waals surface area contributed by atoms with Gasteiger partial charge in [-0.15, -0.1) is 11.8 Å². The highest BCUT2D eigenvalue weighted by Gasteiger charge is 2.31. The maximum Gasteiger partial charge on any atom is 0.255 e. The Labute approximate surface area is 133 Å². The molecule has 1 saturated heterocycles. The van der Waals surface area contributed by atoms with Crippen LogP contribution in [0.2, 0.25) is 0 Å². The van der Waals surface area contributed by atoms with Gasteiger partial charge in [0.25, 0.3) is 5.91 Å². The smallest absolute Gasteiger partial charge is 0.255 e. The molecule has 1 N–H and O–H groups in total. The van der Waals surface area contributed by atoms with Crippen molar-refractivity contribution in [3.05, 3.63) is 59.7 Å². The summed E-state index contributed by atoms with van der Waals surface area (Å²) >= 11 is 1.72. The molecule has 0 spiro atoms. The maximum absolute atomic E-state index is 12.7. The summed E-state index contributed by atoms with van der Waals surface area (Å²) in [6, 6.07) is 14.6. The predicted molar refractivity (Wildman–Crippen MR) is 87.3 cm³/mol. The van der Waals surface area contributed by atoms with Crippen molar-refractivity contribution < 1.29 is 14.6 Å². The highest BCUT2D eigenvalue weighted by Crippen LogP contribution is 2.41. The van der Waals surface area contributed by atoms with Crippen molar-refractivity contribution >= 4 is 17.7 Å². The molecule has 0 radical (unpaired) electrons. The summed E-state index contributed by atoms with van der Waals surface area (Å²) in [6.45, 7) is 0.715. The van der Waals surface area contributed by atoms with E-state index in [0.29, 0.717) is 17.9 Å². The van der Waals surface area contributed by atoms with E-state index in [1.54, 1.807) is 23.9 Å². The average Bonchev–Trinajstić information content (AvgIpc) is 3.05. The van der Waals surface area contributed by atoms with Crippen LogP contribution in [0, 0.1) is 0 Å². The van der Waals surface area contributed by atoms with Crippen LogP contribution >= 0.6 is 11.8 Å². The fourth-order valence-electron chi connectivity index (χ4n) is 2.55. The van der Waals surface area contributed by atoms with E-state index in [0.717, 1.165) is 11.3 Å². The number of phenols is 1. The van der Waals surface area contributed by atoms with Crippen molar-refractivity contribution in [3.63, 3.8) is 0 Å². The fraction of sp³-hybridized carbons (Fsp3) is 0.235. The predicted octanol–water partition coefficient (Wildman–Crippen LogP) is 3.29. The van der Waals surface area contributed by atoms with Gasteiger partial charge in [0, 0.05) is 17.9 Å². The van der Waals surface area contributed by atoms with Gasteiger partial charge in [-0.05, 0) is 29.8 Å². The number of amides is 1. The minimum absolute atomic E-state index is 0.0302. The van der Waals surface area contributed by atoms with Crippen LogP contribution in [0.5, 0.6) is 11.5 Å². The number of rotatable bonds is 3. The van der Waals surface area contributed by atoms with Crippen molar-refractivity contribution in [2.24, 2.45) is 0 Å². The molecule has 0 bridgehead atoms. The number of ether oxygens (including phenoxy) is 1. The fourth-order valence-corrected chi connectivity index (χ4v) is 3.79. The molecule has 0 aliphatic carbocycles. The molecular formula is C17H17NO3S. The van der Waals surface area contributed by atoms with Gasteiger partial charge in [0.15, 0.2) is 11.5 Å². The summed E-state index contributed by atoms with van der Waals surface area (Å²) in [6.07, 6.45) is 0. The first-order valence-electron chi connectivity index (χ1n) is 7.05. The second kappa shape index (κ2) is 6.32. The van der Waals surface area contributed by atoms with Crippen LogP contribution in [0.4, 0.5) is 0 Å². The van der Waals surface area contributed by atoms with Gasteiger partial charge in [-0.25, -0.2) is 0 Å². The van der Waals surface area contributed by atoms with Gasteiger partial charge in [-0.2, -0.15) is 0 Å². The average molecular weight is 315 g/mol. The van der Waals surface area contributed by atoms with Crippen molar-refractivity contribution in [2.75, 3.05) is 19.4 Å². The first kappa shape index (κ1) is 14.8. The first-order valence-corrected chi connectivity index (χ1v) is 8.10. The Morgan fingerprint density at radius 1 is 1.27 bits per heavy atom. The lowest BCUT2D eigenvalue weighted by Gasteiger charge is -2.24. The quantitative estimate of drug-likeness (QED) is 0.944. The summed E-state index contributed by atoms with van der Waals surface area (Å²) in [4.78, 5) is 14.6. The molecule has 0 saturated carbocycles. The highest BCUT2D eigenvalue weighted by atomic mass is 32.2. The van der Waals surface area contributed by atoms with Gasteiger partial charge in [-0.1, -0.05) is 24.3 Å². The SMILES string of the molecule is COc1cc(C2SCCN2C(=O)c2ccccc2)ccc1O. The van der Waals surface area contributed by atoms with Crippen LogP contribution in [0.3, 0.4) is 0 Å². The third-order valence-electron chi connectivity index (χ3n) is 3.66. The van der Waals surface area contributed by atoms with E-state index < -0.39 is 0 Å². The number of aromatic hydroxyl groups is 1. The monoisotopic (exact) mass is 315 g/mol. The van der Waals surface area contributed by atoms with E-state index in [1.807, 2.05) is 41.3 Å². The Balaban J connectivity index is 1.89. The van der Waals surface area contributed by atoms with E-state index in [1.165, 1.54) is 7.11 Å². The van der Waals surface area contributed by atoms with Crippen molar-refractivity contribution in [2.45, 2.75) is 5.37 Å². The molecule has 5 heteroatoms. The number of carbonyl (C=O) groups is 1. The van der Waals surface area contributed by atoms with Gasteiger partial charge in [0.05, 0.1) is 7.11 Å².